The Bertz CT molecular complexity index is 627. The smallest absolute Gasteiger partial charge is 0.251 e. The number of pyridine rings is 1. The molecule has 0 aliphatic carbocycles. The maximum absolute atomic E-state index is 12.1. The van der Waals surface area contributed by atoms with Gasteiger partial charge in [-0.1, -0.05) is 19.9 Å². The lowest BCUT2D eigenvalue weighted by molar-refractivity contribution is 0.0951. The normalized spacial score (nSPS) is 10.5. The minimum Gasteiger partial charge on any atom is -0.491 e. The molecule has 5 nitrogen and oxygen atoms in total. The summed E-state index contributed by atoms with van der Waals surface area (Å²) in [6.07, 6.45) is 3.42. The molecule has 0 spiro atoms. The number of nitrogens with zero attached hydrogens (tertiary/aromatic N) is 1. The standard InChI is InChI=1S/C17H21N3O2/c1-12(2)11-22-16-6-5-14(8-15(16)18)17(21)20-10-13-4-3-7-19-9-13/h3-9,12H,10-11,18H2,1-2H3,(H,20,21). The number of rotatable bonds is 6. The van der Waals surface area contributed by atoms with E-state index in [9.17, 15) is 4.79 Å². The van der Waals surface area contributed by atoms with E-state index < -0.39 is 0 Å². The lowest BCUT2D eigenvalue weighted by Crippen LogP contribution is -2.23. The molecule has 0 aliphatic heterocycles. The van der Waals surface area contributed by atoms with Crippen molar-refractivity contribution in [3.8, 4) is 5.75 Å². The van der Waals surface area contributed by atoms with Crippen LogP contribution in [-0.4, -0.2) is 17.5 Å². The van der Waals surface area contributed by atoms with Gasteiger partial charge >= 0.3 is 0 Å². The van der Waals surface area contributed by atoms with Crippen molar-refractivity contribution in [1.82, 2.24) is 10.3 Å². The Morgan fingerprint density at radius 2 is 2.18 bits per heavy atom. The average molecular weight is 299 g/mol. The lowest BCUT2D eigenvalue weighted by Gasteiger charge is -2.12. The molecule has 0 aliphatic rings. The fraction of sp³-hybridized carbons (Fsp3) is 0.294. The van der Waals surface area contributed by atoms with Gasteiger partial charge in [0.1, 0.15) is 5.75 Å². The van der Waals surface area contributed by atoms with Crippen LogP contribution in [-0.2, 0) is 6.54 Å². The van der Waals surface area contributed by atoms with Crippen LogP contribution >= 0.6 is 0 Å². The van der Waals surface area contributed by atoms with Crippen molar-refractivity contribution in [1.29, 1.82) is 0 Å². The second-order valence-electron chi connectivity index (χ2n) is 5.50. The highest BCUT2D eigenvalue weighted by Gasteiger charge is 2.09. The first-order valence-corrected chi connectivity index (χ1v) is 7.25. The number of nitrogens with two attached hydrogens (primary N) is 1. The minimum absolute atomic E-state index is 0.175. The molecular weight excluding hydrogens is 278 g/mol. The van der Waals surface area contributed by atoms with Crippen LogP contribution in [0.25, 0.3) is 0 Å². The molecule has 1 aromatic carbocycles. The highest BCUT2D eigenvalue weighted by Crippen LogP contribution is 2.23. The van der Waals surface area contributed by atoms with Gasteiger partial charge in [-0.3, -0.25) is 9.78 Å². The van der Waals surface area contributed by atoms with E-state index in [0.29, 0.717) is 36.1 Å². The Morgan fingerprint density at radius 3 is 2.82 bits per heavy atom. The number of carbonyl (C=O) groups is 1. The summed E-state index contributed by atoms with van der Waals surface area (Å²) in [7, 11) is 0. The number of hydrogen-bond donors (Lipinski definition) is 2. The summed E-state index contributed by atoms with van der Waals surface area (Å²) in [5, 5.41) is 2.84. The molecule has 0 fully saturated rings. The van der Waals surface area contributed by atoms with Crippen molar-refractivity contribution < 1.29 is 9.53 Å². The quantitative estimate of drug-likeness (QED) is 0.804. The predicted octanol–water partition coefficient (Wildman–Crippen LogP) is 2.63. The van der Waals surface area contributed by atoms with Crippen LogP contribution in [0.15, 0.2) is 42.7 Å². The maximum Gasteiger partial charge on any atom is 0.251 e. The molecule has 0 radical (unpaired) electrons. The first-order chi connectivity index (χ1) is 10.6. The molecule has 5 heteroatoms. The Kier molecular flexibility index (Phi) is 5.36. The van der Waals surface area contributed by atoms with Crippen molar-refractivity contribution in [3.05, 3.63) is 53.9 Å². The van der Waals surface area contributed by atoms with Crippen LogP contribution in [0.5, 0.6) is 5.75 Å². The van der Waals surface area contributed by atoms with Crippen LogP contribution < -0.4 is 15.8 Å². The zero-order valence-corrected chi connectivity index (χ0v) is 12.9. The molecule has 1 aromatic heterocycles. The highest BCUT2D eigenvalue weighted by molar-refractivity contribution is 5.95. The number of benzene rings is 1. The number of anilines is 1. The summed E-state index contributed by atoms with van der Waals surface area (Å²) in [6, 6.07) is 8.82. The molecule has 2 aromatic rings. The van der Waals surface area contributed by atoms with Gasteiger partial charge in [0.15, 0.2) is 0 Å². The molecule has 116 valence electrons. The van der Waals surface area contributed by atoms with Crippen LogP contribution in [0.1, 0.15) is 29.8 Å². The number of hydrogen-bond acceptors (Lipinski definition) is 4. The third-order valence-corrected chi connectivity index (χ3v) is 3.02. The maximum atomic E-state index is 12.1. The van der Waals surface area contributed by atoms with E-state index in [-0.39, 0.29) is 5.91 Å². The van der Waals surface area contributed by atoms with Crippen LogP contribution in [0, 0.1) is 5.92 Å². The molecular formula is C17H21N3O2. The third kappa shape index (κ3) is 4.48. The van der Waals surface area contributed by atoms with Gasteiger partial charge in [0.2, 0.25) is 0 Å². The van der Waals surface area contributed by atoms with Crippen LogP contribution in [0.3, 0.4) is 0 Å². The molecule has 0 unspecified atom stereocenters. The van der Waals surface area contributed by atoms with Crippen molar-refractivity contribution in [2.75, 3.05) is 12.3 Å². The number of carbonyl (C=O) groups excluding carboxylic acids is 1. The van der Waals surface area contributed by atoms with E-state index in [1.165, 1.54) is 0 Å². The summed E-state index contributed by atoms with van der Waals surface area (Å²) < 4.78 is 5.60. The fourth-order valence-electron chi connectivity index (χ4n) is 1.86. The van der Waals surface area contributed by atoms with E-state index in [0.717, 1.165) is 5.56 Å². The fourth-order valence-corrected chi connectivity index (χ4v) is 1.86. The van der Waals surface area contributed by atoms with Gasteiger partial charge in [-0.05, 0) is 35.7 Å². The van der Waals surface area contributed by atoms with Gasteiger partial charge in [0.25, 0.3) is 5.91 Å². The summed E-state index contributed by atoms with van der Waals surface area (Å²) in [6.45, 7) is 5.15. The Balaban J connectivity index is 1.97. The molecule has 2 rings (SSSR count). The molecule has 1 amide bonds. The van der Waals surface area contributed by atoms with E-state index in [2.05, 4.69) is 24.1 Å². The summed E-state index contributed by atoms with van der Waals surface area (Å²) in [5.41, 5.74) is 7.86. The van der Waals surface area contributed by atoms with Crippen molar-refractivity contribution in [2.45, 2.75) is 20.4 Å². The number of nitrogens with one attached hydrogen (secondary N) is 1. The summed E-state index contributed by atoms with van der Waals surface area (Å²) in [5.74, 6) is 0.852. The van der Waals surface area contributed by atoms with Gasteiger partial charge in [-0.15, -0.1) is 0 Å². The number of amides is 1. The predicted molar refractivity (Wildman–Crippen MR) is 86.6 cm³/mol. The first kappa shape index (κ1) is 15.8. The lowest BCUT2D eigenvalue weighted by atomic mass is 10.1. The van der Waals surface area contributed by atoms with Gasteiger partial charge in [-0.25, -0.2) is 0 Å². The molecule has 0 atom stereocenters. The largest absolute Gasteiger partial charge is 0.491 e. The van der Waals surface area contributed by atoms with Crippen LogP contribution in [0.4, 0.5) is 5.69 Å². The Labute approximate surface area is 130 Å². The average Bonchev–Trinajstić information content (AvgIpc) is 2.52. The monoisotopic (exact) mass is 299 g/mol. The summed E-state index contributed by atoms with van der Waals surface area (Å²) in [4.78, 5) is 16.1. The van der Waals surface area contributed by atoms with Gasteiger partial charge in [0.05, 0.1) is 12.3 Å². The second-order valence-corrected chi connectivity index (χ2v) is 5.50. The number of ether oxygens (including phenoxy) is 1. The molecule has 3 N–H and O–H groups in total. The molecule has 0 saturated carbocycles. The zero-order valence-electron chi connectivity index (χ0n) is 12.9. The second kappa shape index (κ2) is 7.45. The summed E-state index contributed by atoms with van der Waals surface area (Å²) >= 11 is 0. The van der Waals surface area contributed by atoms with Crippen molar-refractivity contribution in [3.63, 3.8) is 0 Å². The number of nitrogen functional groups attached to an aromatic ring is 1. The SMILES string of the molecule is CC(C)COc1ccc(C(=O)NCc2cccnc2)cc1N. The van der Waals surface area contributed by atoms with Crippen molar-refractivity contribution in [2.24, 2.45) is 5.92 Å². The molecule has 1 heterocycles. The molecule has 0 bridgehead atoms. The Morgan fingerprint density at radius 1 is 1.36 bits per heavy atom. The van der Waals surface area contributed by atoms with Crippen molar-refractivity contribution >= 4 is 11.6 Å². The number of aromatic nitrogens is 1. The first-order valence-electron chi connectivity index (χ1n) is 7.25. The van der Waals surface area contributed by atoms with Gasteiger partial charge in [-0.2, -0.15) is 0 Å². The van der Waals surface area contributed by atoms with Gasteiger partial charge < -0.3 is 15.8 Å². The van der Waals surface area contributed by atoms with E-state index in [1.54, 1.807) is 30.6 Å². The highest BCUT2D eigenvalue weighted by atomic mass is 16.5. The van der Waals surface area contributed by atoms with Gasteiger partial charge in [0, 0.05) is 24.5 Å². The van der Waals surface area contributed by atoms with E-state index >= 15 is 0 Å². The Hall–Kier alpha value is -2.56. The van der Waals surface area contributed by atoms with E-state index in [1.807, 2.05) is 12.1 Å². The topological polar surface area (TPSA) is 77.2 Å². The van der Waals surface area contributed by atoms with E-state index in [4.69, 9.17) is 10.5 Å². The third-order valence-electron chi connectivity index (χ3n) is 3.02. The molecule has 22 heavy (non-hydrogen) atoms. The molecule has 0 saturated heterocycles. The van der Waals surface area contributed by atoms with Crippen LogP contribution in [0.2, 0.25) is 0 Å². The minimum atomic E-state index is -0.175. The zero-order chi connectivity index (χ0) is 15.9.